The molecule has 6 atom stereocenters. The highest BCUT2D eigenvalue weighted by molar-refractivity contribution is 5.38. The van der Waals surface area contributed by atoms with E-state index in [1.807, 2.05) is 0 Å². The van der Waals surface area contributed by atoms with E-state index in [9.17, 15) is 5.11 Å². The van der Waals surface area contributed by atoms with Crippen molar-refractivity contribution in [3.63, 3.8) is 0 Å². The molecule has 0 heterocycles. The van der Waals surface area contributed by atoms with E-state index in [1.165, 1.54) is 57.8 Å². The van der Waals surface area contributed by atoms with Gasteiger partial charge in [-0.05, 0) is 85.9 Å². The summed E-state index contributed by atoms with van der Waals surface area (Å²) in [6.07, 6.45) is 19.4. The maximum absolute atomic E-state index is 10.2. The molecule has 27 heavy (non-hydrogen) atoms. The summed E-state index contributed by atoms with van der Waals surface area (Å²) in [7, 11) is 0. The third kappa shape index (κ3) is 3.37. The van der Waals surface area contributed by atoms with E-state index in [1.54, 1.807) is 11.1 Å². The van der Waals surface area contributed by atoms with Gasteiger partial charge in [-0.3, -0.25) is 0 Å². The molecule has 0 saturated heterocycles. The maximum Gasteiger partial charge on any atom is 0.0578 e. The van der Waals surface area contributed by atoms with E-state index >= 15 is 0 Å². The Hall–Kier alpha value is -0.560. The van der Waals surface area contributed by atoms with Crippen LogP contribution in [-0.4, -0.2) is 11.2 Å². The number of rotatable bonds is 5. The van der Waals surface area contributed by atoms with Crippen molar-refractivity contribution in [3.8, 4) is 0 Å². The number of fused-ring (bicyclic) bond motifs is 5. The second-order valence-electron chi connectivity index (χ2n) is 11.3. The Labute approximate surface area is 167 Å². The standard InChI is InChI=1S/C26H42O/c1-18(2)7-5-6-8-19-10-12-23-22-11-9-20-17-21(27)13-15-26(20,4)24(22)14-16-25(19,23)3/h9,11,18-19,21,23-24,27H,5-8,10,12-17H2,1-4H3/t19?,21-,23?,24?,25+,26+/m0/s1. The van der Waals surface area contributed by atoms with Crippen molar-refractivity contribution in [1.29, 1.82) is 0 Å². The lowest BCUT2D eigenvalue weighted by molar-refractivity contribution is 0.0428. The fourth-order valence-corrected chi connectivity index (χ4v) is 7.51. The van der Waals surface area contributed by atoms with Gasteiger partial charge in [0.2, 0.25) is 0 Å². The van der Waals surface area contributed by atoms with Gasteiger partial charge in [0.05, 0.1) is 6.10 Å². The van der Waals surface area contributed by atoms with Crippen molar-refractivity contribution in [2.75, 3.05) is 0 Å². The van der Waals surface area contributed by atoms with Crippen molar-refractivity contribution in [2.45, 2.75) is 104 Å². The van der Waals surface area contributed by atoms with Gasteiger partial charge in [-0.15, -0.1) is 0 Å². The maximum atomic E-state index is 10.2. The van der Waals surface area contributed by atoms with Gasteiger partial charge in [-0.1, -0.05) is 70.3 Å². The molecule has 3 fully saturated rings. The van der Waals surface area contributed by atoms with E-state index in [-0.39, 0.29) is 6.10 Å². The Bertz CT molecular complexity index is 614. The van der Waals surface area contributed by atoms with Gasteiger partial charge in [0.1, 0.15) is 0 Å². The lowest BCUT2D eigenvalue weighted by Crippen LogP contribution is -2.45. The molecule has 4 rings (SSSR count). The van der Waals surface area contributed by atoms with Crippen molar-refractivity contribution < 1.29 is 5.11 Å². The zero-order valence-electron chi connectivity index (χ0n) is 18.3. The minimum absolute atomic E-state index is 0.102. The van der Waals surface area contributed by atoms with Gasteiger partial charge in [0, 0.05) is 0 Å². The smallest absolute Gasteiger partial charge is 0.0578 e. The Kier molecular flexibility index (Phi) is 5.38. The van der Waals surface area contributed by atoms with Crippen LogP contribution in [0, 0.1) is 34.5 Å². The molecule has 0 aromatic heterocycles. The van der Waals surface area contributed by atoms with Gasteiger partial charge < -0.3 is 5.11 Å². The summed E-state index contributed by atoms with van der Waals surface area (Å²) in [6.45, 7) is 9.87. The average molecular weight is 371 g/mol. The largest absolute Gasteiger partial charge is 0.393 e. The van der Waals surface area contributed by atoms with Gasteiger partial charge in [0.25, 0.3) is 0 Å². The van der Waals surface area contributed by atoms with Gasteiger partial charge in [-0.25, -0.2) is 0 Å². The Morgan fingerprint density at radius 1 is 1.00 bits per heavy atom. The van der Waals surface area contributed by atoms with Gasteiger partial charge in [-0.2, -0.15) is 0 Å². The Balaban J connectivity index is 1.49. The Morgan fingerprint density at radius 3 is 2.59 bits per heavy atom. The first-order valence-electron chi connectivity index (χ1n) is 11.9. The first-order chi connectivity index (χ1) is 12.8. The van der Waals surface area contributed by atoms with Crippen LogP contribution in [0.25, 0.3) is 0 Å². The topological polar surface area (TPSA) is 20.2 Å². The molecule has 0 aromatic carbocycles. The highest BCUT2D eigenvalue weighted by Crippen LogP contribution is 2.65. The monoisotopic (exact) mass is 370 g/mol. The molecule has 0 spiro atoms. The molecule has 3 saturated carbocycles. The minimum atomic E-state index is -0.102. The number of hydrogen-bond donors (Lipinski definition) is 1. The Morgan fingerprint density at radius 2 is 1.81 bits per heavy atom. The molecule has 0 aliphatic heterocycles. The highest BCUT2D eigenvalue weighted by atomic mass is 16.3. The first kappa shape index (κ1) is 19.7. The van der Waals surface area contributed by atoms with E-state index in [4.69, 9.17) is 0 Å². The minimum Gasteiger partial charge on any atom is -0.393 e. The SMILES string of the molecule is CC(C)CCCCC1CCC2C3=CC=C4C[C@@H](O)CC[C@@]4(C)C3CC[C@]12C. The lowest BCUT2D eigenvalue weighted by atomic mass is 9.50. The zero-order valence-corrected chi connectivity index (χ0v) is 18.3. The predicted molar refractivity (Wildman–Crippen MR) is 114 cm³/mol. The number of aliphatic hydroxyl groups is 1. The molecule has 152 valence electrons. The van der Waals surface area contributed by atoms with Gasteiger partial charge in [0.15, 0.2) is 0 Å². The fraction of sp³-hybridized carbons (Fsp3) is 0.846. The third-order valence-electron chi connectivity index (χ3n) is 9.33. The molecule has 4 aliphatic rings. The number of hydrogen-bond acceptors (Lipinski definition) is 1. The van der Waals surface area contributed by atoms with Crippen LogP contribution in [0.15, 0.2) is 23.3 Å². The normalized spacial score (nSPS) is 43.6. The fourth-order valence-electron chi connectivity index (χ4n) is 7.51. The number of aliphatic hydroxyl groups excluding tert-OH is 1. The summed E-state index contributed by atoms with van der Waals surface area (Å²) in [5.41, 5.74) is 4.23. The predicted octanol–water partition coefficient (Wildman–Crippen LogP) is 7.06. The van der Waals surface area contributed by atoms with Gasteiger partial charge >= 0.3 is 0 Å². The van der Waals surface area contributed by atoms with Crippen molar-refractivity contribution in [2.24, 2.45) is 34.5 Å². The summed E-state index contributed by atoms with van der Waals surface area (Å²) in [6, 6.07) is 0. The molecular formula is C26H42O. The molecule has 1 heteroatoms. The van der Waals surface area contributed by atoms with Crippen LogP contribution in [0.4, 0.5) is 0 Å². The lowest BCUT2D eigenvalue weighted by Gasteiger charge is -2.54. The molecule has 0 bridgehead atoms. The van der Waals surface area contributed by atoms with Crippen LogP contribution in [0.3, 0.4) is 0 Å². The van der Waals surface area contributed by atoms with E-state index in [0.717, 1.165) is 36.5 Å². The summed E-state index contributed by atoms with van der Waals surface area (Å²) < 4.78 is 0. The molecule has 1 N–H and O–H groups in total. The molecule has 1 nitrogen and oxygen atoms in total. The zero-order chi connectivity index (χ0) is 19.2. The van der Waals surface area contributed by atoms with Crippen LogP contribution >= 0.6 is 0 Å². The number of unbranched alkanes of at least 4 members (excludes halogenated alkanes) is 1. The highest BCUT2D eigenvalue weighted by Gasteiger charge is 2.55. The molecular weight excluding hydrogens is 328 g/mol. The van der Waals surface area contributed by atoms with Crippen LogP contribution < -0.4 is 0 Å². The summed E-state index contributed by atoms with van der Waals surface area (Å²) in [5.74, 6) is 3.38. The molecule has 0 aromatic rings. The van der Waals surface area contributed by atoms with Crippen molar-refractivity contribution in [3.05, 3.63) is 23.3 Å². The first-order valence-corrected chi connectivity index (χ1v) is 11.9. The quantitative estimate of drug-likeness (QED) is 0.513. The molecule has 3 unspecified atom stereocenters. The summed E-state index contributed by atoms with van der Waals surface area (Å²) in [4.78, 5) is 0. The molecule has 0 radical (unpaired) electrons. The average Bonchev–Trinajstić information content (AvgIpc) is 2.96. The summed E-state index contributed by atoms with van der Waals surface area (Å²) in [5, 5.41) is 10.2. The molecule has 4 aliphatic carbocycles. The van der Waals surface area contributed by atoms with E-state index in [2.05, 4.69) is 39.8 Å². The van der Waals surface area contributed by atoms with Crippen molar-refractivity contribution >= 4 is 0 Å². The molecule has 0 amide bonds. The van der Waals surface area contributed by atoms with E-state index in [0.29, 0.717) is 10.8 Å². The second kappa shape index (κ2) is 7.36. The van der Waals surface area contributed by atoms with Crippen LogP contribution in [-0.2, 0) is 0 Å². The van der Waals surface area contributed by atoms with Crippen LogP contribution in [0.1, 0.15) is 98.3 Å². The van der Waals surface area contributed by atoms with Crippen LogP contribution in [0.2, 0.25) is 0 Å². The number of allylic oxidation sites excluding steroid dienone is 3. The second-order valence-corrected chi connectivity index (χ2v) is 11.3. The van der Waals surface area contributed by atoms with Crippen molar-refractivity contribution in [1.82, 2.24) is 0 Å². The summed E-state index contributed by atoms with van der Waals surface area (Å²) >= 11 is 0. The van der Waals surface area contributed by atoms with Crippen LogP contribution in [0.5, 0.6) is 0 Å². The third-order valence-corrected chi connectivity index (χ3v) is 9.33. The van der Waals surface area contributed by atoms with E-state index < -0.39 is 0 Å².